The number of carbonyl (C=O) groups is 1. The molecule has 108 valence electrons. The Bertz CT molecular complexity index is 700. The molecule has 2 aromatic rings. The number of hydrogen-bond acceptors (Lipinski definition) is 2. The van der Waals surface area contributed by atoms with E-state index in [1.807, 2.05) is 12.1 Å². The minimum absolute atomic E-state index is 0.168. The third kappa shape index (κ3) is 3.81. The number of benzene rings is 2. The fourth-order valence-corrected chi connectivity index (χ4v) is 2.84. The molecule has 0 radical (unpaired) electrons. The van der Waals surface area contributed by atoms with Crippen LogP contribution in [-0.2, 0) is 0 Å². The molecule has 0 fully saturated rings. The summed E-state index contributed by atoms with van der Waals surface area (Å²) < 4.78 is 0.753. The van der Waals surface area contributed by atoms with E-state index < -0.39 is 0 Å². The highest BCUT2D eigenvalue weighted by atomic mass is 79.9. The Kier molecular flexibility index (Phi) is 4.98. The van der Waals surface area contributed by atoms with Crippen molar-refractivity contribution in [2.24, 2.45) is 5.73 Å². The molecule has 0 aliphatic carbocycles. The summed E-state index contributed by atoms with van der Waals surface area (Å²) in [4.78, 5) is 14.3. The Hall–Kier alpha value is -1.43. The minimum atomic E-state index is -0.168. The summed E-state index contributed by atoms with van der Waals surface area (Å²) in [5, 5.41) is 0.498. The highest BCUT2D eigenvalue weighted by Gasteiger charge is 2.15. The number of rotatable bonds is 3. The minimum Gasteiger partial charge on any atom is -0.389 e. The summed E-state index contributed by atoms with van der Waals surface area (Å²) in [5.41, 5.74) is 7.54. The van der Waals surface area contributed by atoms with E-state index in [-0.39, 0.29) is 5.91 Å². The second kappa shape index (κ2) is 6.56. The van der Waals surface area contributed by atoms with Gasteiger partial charge in [-0.05, 0) is 30.3 Å². The van der Waals surface area contributed by atoms with Gasteiger partial charge in [-0.25, -0.2) is 0 Å². The van der Waals surface area contributed by atoms with Gasteiger partial charge in [-0.1, -0.05) is 51.9 Å². The molecule has 0 aliphatic heterocycles. The van der Waals surface area contributed by atoms with Crippen molar-refractivity contribution in [2.75, 3.05) is 11.9 Å². The van der Waals surface area contributed by atoms with Crippen molar-refractivity contribution in [3.8, 4) is 0 Å². The predicted octanol–water partition coefficient (Wildman–Crippen LogP) is 4.01. The molecule has 2 N–H and O–H groups in total. The van der Waals surface area contributed by atoms with Crippen LogP contribution >= 0.6 is 39.7 Å². The van der Waals surface area contributed by atoms with Gasteiger partial charge in [0.25, 0.3) is 5.91 Å². The fourth-order valence-electron chi connectivity index (χ4n) is 1.86. The van der Waals surface area contributed by atoms with Gasteiger partial charge >= 0.3 is 0 Å². The van der Waals surface area contributed by atoms with Gasteiger partial charge in [0, 0.05) is 33.4 Å². The smallest absolute Gasteiger partial charge is 0.258 e. The van der Waals surface area contributed by atoms with E-state index in [1.165, 1.54) is 4.90 Å². The number of carbonyl (C=O) groups excluding carboxylic acids is 1. The number of nitrogens with zero attached hydrogens (tertiary/aromatic N) is 1. The summed E-state index contributed by atoms with van der Waals surface area (Å²) in [6.07, 6.45) is 0. The van der Waals surface area contributed by atoms with E-state index >= 15 is 0 Å². The quantitative estimate of drug-likeness (QED) is 0.815. The zero-order valence-electron chi connectivity index (χ0n) is 11.1. The largest absolute Gasteiger partial charge is 0.389 e. The molecule has 0 aliphatic rings. The van der Waals surface area contributed by atoms with Gasteiger partial charge in [0.2, 0.25) is 0 Å². The highest BCUT2D eigenvalue weighted by molar-refractivity contribution is 9.10. The maximum Gasteiger partial charge on any atom is 0.258 e. The standard InChI is InChI=1S/C15H12BrClN2OS/c1-19(13-4-2-3-9(7-13)14(18)21)15(20)10-5-11(16)8-12(17)6-10/h2-8H,1H3,(H2,18,21). The first-order chi connectivity index (χ1) is 9.88. The third-order valence-electron chi connectivity index (χ3n) is 2.93. The molecule has 1 amide bonds. The predicted molar refractivity (Wildman–Crippen MR) is 94.2 cm³/mol. The van der Waals surface area contributed by atoms with Crippen LogP contribution in [0.2, 0.25) is 5.02 Å². The zero-order valence-corrected chi connectivity index (χ0v) is 14.3. The average Bonchev–Trinajstić information content (AvgIpc) is 2.44. The van der Waals surface area contributed by atoms with Crippen LogP contribution in [-0.4, -0.2) is 17.9 Å². The normalized spacial score (nSPS) is 10.2. The number of nitrogens with two attached hydrogens (primary N) is 1. The SMILES string of the molecule is CN(C(=O)c1cc(Cl)cc(Br)c1)c1cccc(C(N)=S)c1. The van der Waals surface area contributed by atoms with Gasteiger partial charge in [-0.2, -0.15) is 0 Å². The van der Waals surface area contributed by atoms with Gasteiger partial charge in [0.05, 0.1) is 0 Å². The lowest BCUT2D eigenvalue weighted by atomic mass is 10.1. The van der Waals surface area contributed by atoms with E-state index in [4.69, 9.17) is 29.6 Å². The molecule has 0 heterocycles. The van der Waals surface area contributed by atoms with Gasteiger partial charge in [-0.15, -0.1) is 0 Å². The van der Waals surface area contributed by atoms with Crippen LogP contribution < -0.4 is 10.6 Å². The second-order valence-electron chi connectivity index (χ2n) is 4.44. The Morgan fingerprint density at radius 2 is 1.95 bits per heavy atom. The van der Waals surface area contributed by atoms with Crippen LogP contribution in [0.5, 0.6) is 0 Å². The molecule has 0 spiro atoms. The Balaban J connectivity index is 2.34. The molecule has 0 saturated heterocycles. The molecular weight excluding hydrogens is 372 g/mol. The van der Waals surface area contributed by atoms with Crippen molar-refractivity contribution in [1.29, 1.82) is 0 Å². The summed E-state index contributed by atoms with van der Waals surface area (Å²) in [5.74, 6) is -0.168. The maximum absolute atomic E-state index is 12.5. The van der Waals surface area contributed by atoms with Crippen LogP contribution in [0, 0.1) is 0 Å². The number of hydrogen-bond donors (Lipinski definition) is 1. The first-order valence-corrected chi connectivity index (χ1v) is 7.60. The number of thiocarbonyl (C=S) groups is 1. The van der Waals surface area contributed by atoms with Crippen LogP contribution in [0.15, 0.2) is 46.9 Å². The van der Waals surface area contributed by atoms with Crippen molar-refractivity contribution in [3.63, 3.8) is 0 Å². The molecule has 0 saturated carbocycles. The molecule has 0 bridgehead atoms. The second-order valence-corrected chi connectivity index (χ2v) is 6.23. The molecule has 2 rings (SSSR count). The monoisotopic (exact) mass is 382 g/mol. The maximum atomic E-state index is 12.5. The highest BCUT2D eigenvalue weighted by Crippen LogP contribution is 2.23. The van der Waals surface area contributed by atoms with Crippen LogP contribution in [0.3, 0.4) is 0 Å². The van der Waals surface area contributed by atoms with Gasteiger partial charge < -0.3 is 10.6 Å². The van der Waals surface area contributed by atoms with E-state index in [0.29, 0.717) is 21.3 Å². The Morgan fingerprint density at radius 1 is 1.24 bits per heavy atom. The first kappa shape index (κ1) is 15.9. The fraction of sp³-hybridized carbons (Fsp3) is 0.0667. The average molecular weight is 384 g/mol. The summed E-state index contributed by atoms with van der Waals surface area (Å²) in [6.45, 7) is 0. The lowest BCUT2D eigenvalue weighted by molar-refractivity contribution is 0.0993. The van der Waals surface area contributed by atoms with Gasteiger partial charge in [-0.3, -0.25) is 4.79 Å². The molecule has 21 heavy (non-hydrogen) atoms. The van der Waals surface area contributed by atoms with E-state index in [2.05, 4.69) is 15.9 Å². The molecule has 6 heteroatoms. The van der Waals surface area contributed by atoms with Gasteiger partial charge in [0.1, 0.15) is 4.99 Å². The van der Waals surface area contributed by atoms with Gasteiger partial charge in [0.15, 0.2) is 0 Å². The summed E-state index contributed by atoms with van der Waals surface area (Å²) in [6, 6.07) is 12.3. The van der Waals surface area contributed by atoms with E-state index in [1.54, 1.807) is 37.4 Å². The topological polar surface area (TPSA) is 46.3 Å². The van der Waals surface area contributed by atoms with Crippen LogP contribution in [0.4, 0.5) is 5.69 Å². The lowest BCUT2D eigenvalue weighted by Crippen LogP contribution is -2.26. The molecule has 0 atom stereocenters. The Morgan fingerprint density at radius 3 is 2.57 bits per heavy atom. The number of anilines is 1. The summed E-state index contributed by atoms with van der Waals surface area (Å²) in [7, 11) is 1.69. The number of halogens is 2. The van der Waals surface area contributed by atoms with Crippen LogP contribution in [0.25, 0.3) is 0 Å². The van der Waals surface area contributed by atoms with Crippen molar-refractivity contribution >= 4 is 56.3 Å². The molecular formula is C15H12BrClN2OS. The zero-order chi connectivity index (χ0) is 15.6. The number of amides is 1. The molecule has 0 aromatic heterocycles. The lowest BCUT2D eigenvalue weighted by Gasteiger charge is -2.18. The Labute approximate surface area is 141 Å². The summed E-state index contributed by atoms with van der Waals surface area (Å²) >= 11 is 14.3. The van der Waals surface area contributed by atoms with Crippen molar-refractivity contribution in [3.05, 3.63) is 63.1 Å². The van der Waals surface area contributed by atoms with Crippen molar-refractivity contribution < 1.29 is 4.79 Å². The van der Waals surface area contributed by atoms with Crippen molar-refractivity contribution in [1.82, 2.24) is 0 Å². The first-order valence-electron chi connectivity index (χ1n) is 6.02. The molecule has 2 aromatic carbocycles. The van der Waals surface area contributed by atoms with Crippen molar-refractivity contribution in [2.45, 2.75) is 0 Å². The van der Waals surface area contributed by atoms with E-state index in [0.717, 1.165) is 10.0 Å². The molecule has 0 unspecified atom stereocenters. The third-order valence-corrected chi connectivity index (χ3v) is 3.84. The van der Waals surface area contributed by atoms with Crippen LogP contribution in [0.1, 0.15) is 15.9 Å². The van der Waals surface area contributed by atoms with E-state index in [9.17, 15) is 4.79 Å². The molecule has 3 nitrogen and oxygen atoms in total.